The number of carbonyl (C=O) groups excluding carboxylic acids is 1. The summed E-state index contributed by atoms with van der Waals surface area (Å²) in [7, 11) is 0. The first-order valence-corrected chi connectivity index (χ1v) is 7.82. The summed E-state index contributed by atoms with van der Waals surface area (Å²) in [6.45, 7) is 2.29. The molecule has 1 aliphatic heterocycles. The van der Waals surface area contributed by atoms with Gasteiger partial charge in [0.1, 0.15) is 6.61 Å². The average Bonchev–Trinajstić information content (AvgIpc) is 2.79. The van der Waals surface area contributed by atoms with Crippen LogP contribution in [0.2, 0.25) is 0 Å². The minimum Gasteiger partial charge on any atom is -0.461 e. The SMILES string of the molecule is O=C(Cc1ccc2c(c1)CNCCC2)OCc1ccccc1. The van der Waals surface area contributed by atoms with Gasteiger partial charge in [-0.3, -0.25) is 4.79 Å². The van der Waals surface area contributed by atoms with Gasteiger partial charge in [-0.1, -0.05) is 48.5 Å². The van der Waals surface area contributed by atoms with Crippen molar-refractivity contribution in [2.75, 3.05) is 6.54 Å². The van der Waals surface area contributed by atoms with Crippen LogP contribution in [0.25, 0.3) is 0 Å². The van der Waals surface area contributed by atoms with Crippen molar-refractivity contribution in [1.29, 1.82) is 0 Å². The molecule has 1 heterocycles. The fourth-order valence-corrected chi connectivity index (χ4v) is 2.78. The predicted molar refractivity (Wildman–Crippen MR) is 86.4 cm³/mol. The van der Waals surface area contributed by atoms with Gasteiger partial charge in [0.15, 0.2) is 0 Å². The topological polar surface area (TPSA) is 38.3 Å². The van der Waals surface area contributed by atoms with Crippen LogP contribution >= 0.6 is 0 Å². The Morgan fingerprint density at radius 2 is 1.91 bits per heavy atom. The van der Waals surface area contributed by atoms with Crippen LogP contribution in [-0.2, 0) is 35.5 Å². The van der Waals surface area contributed by atoms with E-state index < -0.39 is 0 Å². The Balaban J connectivity index is 1.58. The summed E-state index contributed by atoms with van der Waals surface area (Å²) in [6, 6.07) is 16.1. The molecule has 0 fully saturated rings. The van der Waals surface area contributed by atoms with Crippen LogP contribution in [0.1, 0.15) is 28.7 Å². The summed E-state index contributed by atoms with van der Waals surface area (Å²) >= 11 is 0. The number of nitrogens with one attached hydrogen (secondary N) is 1. The number of ether oxygens (including phenoxy) is 1. The molecule has 114 valence electrons. The predicted octanol–water partition coefficient (Wildman–Crippen LogP) is 3.01. The van der Waals surface area contributed by atoms with Gasteiger partial charge in [-0.15, -0.1) is 0 Å². The van der Waals surface area contributed by atoms with Gasteiger partial charge in [0.05, 0.1) is 6.42 Å². The summed E-state index contributed by atoms with van der Waals surface area (Å²) in [4.78, 5) is 12.0. The molecule has 3 rings (SSSR count). The molecule has 0 amide bonds. The summed E-state index contributed by atoms with van der Waals surface area (Å²) < 4.78 is 5.35. The normalized spacial score (nSPS) is 14.0. The molecule has 0 atom stereocenters. The number of benzene rings is 2. The van der Waals surface area contributed by atoms with Crippen molar-refractivity contribution in [3.05, 3.63) is 70.8 Å². The van der Waals surface area contributed by atoms with Gasteiger partial charge in [0.25, 0.3) is 0 Å². The fraction of sp³-hybridized carbons (Fsp3) is 0.316. The van der Waals surface area contributed by atoms with E-state index in [-0.39, 0.29) is 5.97 Å². The smallest absolute Gasteiger partial charge is 0.310 e. The molecule has 0 radical (unpaired) electrons. The zero-order chi connectivity index (χ0) is 15.2. The second-order valence-electron chi connectivity index (χ2n) is 5.71. The van der Waals surface area contributed by atoms with Crippen molar-refractivity contribution in [2.24, 2.45) is 0 Å². The van der Waals surface area contributed by atoms with E-state index in [2.05, 4.69) is 17.4 Å². The van der Waals surface area contributed by atoms with Gasteiger partial charge in [-0.05, 0) is 41.6 Å². The number of hydrogen-bond acceptors (Lipinski definition) is 3. The maximum atomic E-state index is 12.0. The van der Waals surface area contributed by atoms with Crippen molar-refractivity contribution >= 4 is 5.97 Å². The molecular weight excluding hydrogens is 274 g/mol. The number of fused-ring (bicyclic) bond motifs is 1. The van der Waals surface area contributed by atoms with Crippen LogP contribution in [0, 0.1) is 0 Å². The molecule has 22 heavy (non-hydrogen) atoms. The van der Waals surface area contributed by atoms with Crippen molar-refractivity contribution < 1.29 is 9.53 Å². The van der Waals surface area contributed by atoms with E-state index in [1.165, 1.54) is 17.5 Å². The number of carbonyl (C=O) groups is 1. The maximum Gasteiger partial charge on any atom is 0.310 e. The number of rotatable bonds is 4. The number of hydrogen-bond donors (Lipinski definition) is 1. The molecule has 0 spiro atoms. The standard InChI is InChI=1S/C19H21NO2/c21-19(22-14-15-5-2-1-3-6-15)12-16-8-9-17-7-4-10-20-13-18(17)11-16/h1-3,5-6,8-9,11,20H,4,7,10,12-14H2. The van der Waals surface area contributed by atoms with Crippen molar-refractivity contribution in [1.82, 2.24) is 5.32 Å². The first-order valence-electron chi connectivity index (χ1n) is 7.82. The highest BCUT2D eigenvalue weighted by atomic mass is 16.5. The summed E-state index contributed by atoms with van der Waals surface area (Å²) in [5.74, 6) is -0.176. The van der Waals surface area contributed by atoms with Crippen LogP contribution in [-0.4, -0.2) is 12.5 Å². The lowest BCUT2D eigenvalue weighted by atomic mass is 10.00. The zero-order valence-corrected chi connectivity index (χ0v) is 12.7. The molecule has 2 aromatic rings. The fourth-order valence-electron chi connectivity index (χ4n) is 2.78. The average molecular weight is 295 g/mol. The summed E-state index contributed by atoms with van der Waals surface area (Å²) in [5, 5.41) is 3.41. The lowest BCUT2D eigenvalue weighted by molar-refractivity contribution is -0.144. The monoisotopic (exact) mass is 295 g/mol. The largest absolute Gasteiger partial charge is 0.461 e. The quantitative estimate of drug-likeness (QED) is 0.881. The number of aryl methyl sites for hydroxylation is 1. The second-order valence-corrected chi connectivity index (χ2v) is 5.71. The van der Waals surface area contributed by atoms with E-state index in [0.29, 0.717) is 13.0 Å². The molecule has 0 aromatic heterocycles. The Kier molecular flexibility index (Phi) is 4.86. The highest BCUT2D eigenvalue weighted by Crippen LogP contribution is 2.17. The van der Waals surface area contributed by atoms with E-state index in [1.807, 2.05) is 36.4 Å². The zero-order valence-electron chi connectivity index (χ0n) is 12.7. The Morgan fingerprint density at radius 1 is 1.05 bits per heavy atom. The van der Waals surface area contributed by atoms with E-state index >= 15 is 0 Å². The van der Waals surface area contributed by atoms with E-state index in [1.54, 1.807) is 0 Å². The van der Waals surface area contributed by atoms with Gasteiger partial charge >= 0.3 is 5.97 Å². The highest BCUT2D eigenvalue weighted by molar-refractivity contribution is 5.72. The van der Waals surface area contributed by atoms with Crippen molar-refractivity contribution in [3.8, 4) is 0 Å². The van der Waals surface area contributed by atoms with Crippen LogP contribution < -0.4 is 5.32 Å². The molecule has 0 saturated heterocycles. The number of esters is 1. The van der Waals surface area contributed by atoms with Gasteiger partial charge in [0, 0.05) is 6.54 Å². The summed E-state index contributed by atoms with van der Waals surface area (Å²) in [5.41, 5.74) is 4.75. The Bertz CT molecular complexity index is 637. The molecular formula is C19H21NO2. The van der Waals surface area contributed by atoms with Crippen LogP contribution in [0.15, 0.2) is 48.5 Å². The van der Waals surface area contributed by atoms with E-state index in [4.69, 9.17) is 4.74 Å². The third kappa shape index (κ3) is 3.95. The van der Waals surface area contributed by atoms with Crippen LogP contribution in [0.4, 0.5) is 0 Å². The maximum absolute atomic E-state index is 12.0. The lowest BCUT2D eigenvalue weighted by Crippen LogP contribution is -2.12. The second kappa shape index (κ2) is 7.23. The lowest BCUT2D eigenvalue weighted by Gasteiger charge is -2.09. The van der Waals surface area contributed by atoms with E-state index in [0.717, 1.165) is 30.6 Å². The first-order chi connectivity index (χ1) is 10.8. The Labute approximate surface area is 131 Å². The van der Waals surface area contributed by atoms with Gasteiger partial charge in [-0.2, -0.15) is 0 Å². The van der Waals surface area contributed by atoms with Gasteiger partial charge in [0.2, 0.25) is 0 Å². The van der Waals surface area contributed by atoms with Crippen molar-refractivity contribution in [2.45, 2.75) is 32.4 Å². The van der Waals surface area contributed by atoms with Crippen LogP contribution in [0.5, 0.6) is 0 Å². The Morgan fingerprint density at radius 3 is 2.77 bits per heavy atom. The molecule has 2 aromatic carbocycles. The third-order valence-corrected chi connectivity index (χ3v) is 3.98. The van der Waals surface area contributed by atoms with Crippen LogP contribution in [0.3, 0.4) is 0 Å². The van der Waals surface area contributed by atoms with Gasteiger partial charge < -0.3 is 10.1 Å². The minimum atomic E-state index is -0.176. The highest BCUT2D eigenvalue weighted by Gasteiger charge is 2.10. The van der Waals surface area contributed by atoms with E-state index in [9.17, 15) is 4.79 Å². The molecule has 0 unspecified atom stereocenters. The Hall–Kier alpha value is -2.13. The van der Waals surface area contributed by atoms with Gasteiger partial charge in [-0.25, -0.2) is 0 Å². The molecule has 0 aliphatic carbocycles. The third-order valence-electron chi connectivity index (χ3n) is 3.98. The van der Waals surface area contributed by atoms with Crippen molar-refractivity contribution in [3.63, 3.8) is 0 Å². The molecule has 3 heteroatoms. The molecule has 1 N–H and O–H groups in total. The molecule has 0 bridgehead atoms. The molecule has 1 aliphatic rings. The first kappa shape index (κ1) is 14.8. The minimum absolute atomic E-state index is 0.176. The summed E-state index contributed by atoms with van der Waals surface area (Å²) in [6.07, 6.45) is 2.62. The molecule has 3 nitrogen and oxygen atoms in total. The molecule has 0 saturated carbocycles.